The number of carbonyl (C=O) groups excluding carboxylic acids is 2. The Morgan fingerprint density at radius 2 is 1.67 bits per heavy atom. The Bertz CT molecular complexity index is 1040. The Morgan fingerprint density at radius 1 is 0.972 bits per heavy atom. The first-order valence-electron chi connectivity index (χ1n) is 12.8. The predicted molar refractivity (Wildman–Crippen MR) is 144 cm³/mol. The van der Waals surface area contributed by atoms with Crippen molar-refractivity contribution in [3.05, 3.63) is 71.8 Å². The largest absolute Gasteiger partial charge is 0.383 e. The molecule has 3 amide bonds. The molecule has 2 aromatic carbocycles. The van der Waals surface area contributed by atoms with Gasteiger partial charge >= 0.3 is 6.03 Å². The number of carbonyl (C=O) groups is 2. The summed E-state index contributed by atoms with van der Waals surface area (Å²) < 4.78 is 5.28. The van der Waals surface area contributed by atoms with Crippen LogP contribution in [0.4, 0.5) is 10.5 Å². The highest BCUT2D eigenvalue weighted by Gasteiger charge is 2.57. The van der Waals surface area contributed by atoms with Gasteiger partial charge in [0.15, 0.2) is 0 Å². The molecule has 2 aromatic rings. The number of piperidine rings is 1. The zero-order valence-electron chi connectivity index (χ0n) is 21.7. The van der Waals surface area contributed by atoms with Crippen LogP contribution in [0.25, 0.3) is 6.08 Å². The predicted octanol–water partition coefficient (Wildman–Crippen LogP) is 3.75. The van der Waals surface area contributed by atoms with E-state index in [-0.39, 0.29) is 11.9 Å². The lowest BCUT2D eigenvalue weighted by Gasteiger charge is -2.42. The molecule has 2 aliphatic heterocycles. The van der Waals surface area contributed by atoms with Crippen molar-refractivity contribution in [2.45, 2.75) is 24.8 Å². The third-order valence-electron chi connectivity index (χ3n) is 7.37. The van der Waals surface area contributed by atoms with Gasteiger partial charge in [-0.25, -0.2) is 4.79 Å². The van der Waals surface area contributed by atoms with Gasteiger partial charge < -0.3 is 14.5 Å². The van der Waals surface area contributed by atoms with Crippen LogP contribution < -0.4 is 4.90 Å². The van der Waals surface area contributed by atoms with Crippen molar-refractivity contribution >= 4 is 23.7 Å². The molecular formula is C29H38N4O3. The molecule has 0 aromatic heterocycles. The van der Waals surface area contributed by atoms with Crippen LogP contribution in [0.5, 0.6) is 0 Å². The summed E-state index contributed by atoms with van der Waals surface area (Å²) in [5.41, 5.74) is 2.72. The molecule has 2 saturated heterocycles. The second kappa shape index (κ2) is 11.7. The summed E-state index contributed by atoms with van der Waals surface area (Å²) in [5, 5.41) is 0. The molecule has 0 bridgehead atoms. The van der Waals surface area contributed by atoms with E-state index in [2.05, 4.69) is 46.2 Å². The van der Waals surface area contributed by atoms with Crippen molar-refractivity contribution in [3.8, 4) is 0 Å². The molecule has 36 heavy (non-hydrogen) atoms. The van der Waals surface area contributed by atoms with Gasteiger partial charge in [0.25, 0.3) is 5.91 Å². The SMILES string of the molecule is COCCN1C(=O)N(CCc2ccccc2)C(=O)C12CCN(C/C=C/c1ccc(N(C)C)cc1)CC2. The normalized spacial score (nSPS) is 18.1. The molecule has 4 rings (SSSR count). The fourth-order valence-electron chi connectivity index (χ4n) is 5.17. The van der Waals surface area contributed by atoms with Crippen molar-refractivity contribution in [2.24, 2.45) is 0 Å². The number of urea groups is 1. The summed E-state index contributed by atoms with van der Waals surface area (Å²) in [6, 6.07) is 18.3. The fraction of sp³-hybridized carbons (Fsp3) is 0.448. The highest BCUT2D eigenvalue weighted by molar-refractivity contribution is 6.07. The third-order valence-corrected chi connectivity index (χ3v) is 7.37. The van der Waals surface area contributed by atoms with Gasteiger partial charge in [0.1, 0.15) is 5.54 Å². The molecular weight excluding hydrogens is 452 g/mol. The number of benzene rings is 2. The van der Waals surface area contributed by atoms with Gasteiger partial charge in [0.05, 0.1) is 6.61 Å². The topological polar surface area (TPSA) is 56.3 Å². The van der Waals surface area contributed by atoms with Gasteiger partial charge in [-0.1, -0.05) is 54.6 Å². The smallest absolute Gasteiger partial charge is 0.327 e. The molecule has 2 fully saturated rings. The van der Waals surface area contributed by atoms with E-state index in [1.165, 1.54) is 16.2 Å². The van der Waals surface area contributed by atoms with Crippen molar-refractivity contribution in [1.82, 2.24) is 14.7 Å². The molecule has 0 aliphatic carbocycles. The van der Waals surface area contributed by atoms with Gasteiger partial charge in [-0.05, 0) is 42.5 Å². The zero-order valence-corrected chi connectivity index (χ0v) is 21.7. The van der Waals surface area contributed by atoms with Crippen molar-refractivity contribution in [2.75, 3.05) is 65.4 Å². The summed E-state index contributed by atoms with van der Waals surface area (Å²) >= 11 is 0. The number of hydrogen-bond acceptors (Lipinski definition) is 5. The van der Waals surface area contributed by atoms with E-state index in [0.717, 1.165) is 25.2 Å². The molecule has 2 aliphatic rings. The summed E-state index contributed by atoms with van der Waals surface area (Å²) in [4.78, 5) is 34.7. The Morgan fingerprint density at radius 3 is 2.31 bits per heavy atom. The Kier molecular flexibility index (Phi) is 8.44. The lowest BCUT2D eigenvalue weighted by atomic mass is 9.85. The molecule has 192 valence electrons. The molecule has 7 nitrogen and oxygen atoms in total. The maximum atomic E-state index is 13.7. The van der Waals surface area contributed by atoms with Crippen LogP contribution in [-0.2, 0) is 16.0 Å². The van der Waals surface area contributed by atoms with Crippen LogP contribution in [0.15, 0.2) is 60.7 Å². The van der Waals surface area contributed by atoms with E-state index in [1.807, 2.05) is 44.4 Å². The second-order valence-electron chi connectivity index (χ2n) is 9.84. The average molecular weight is 491 g/mol. The summed E-state index contributed by atoms with van der Waals surface area (Å²) in [5.74, 6) is -0.0456. The van der Waals surface area contributed by atoms with Gasteiger partial charge in [0.2, 0.25) is 0 Å². The first-order valence-corrected chi connectivity index (χ1v) is 12.8. The van der Waals surface area contributed by atoms with Gasteiger partial charge in [-0.3, -0.25) is 14.6 Å². The zero-order chi connectivity index (χ0) is 25.5. The average Bonchev–Trinajstić information content (AvgIpc) is 3.08. The standard InChI is InChI=1S/C29H38N4O3/c1-30(2)26-13-11-25(12-14-26)10-7-18-31-20-16-29(17-21-31)27(34)32(28(35)33(29)22-23-36-3)19-15-24-8-5-4-6-9-24/h4-14H,15-23H2,1-3H3/b10-7+. The molecule has 0 atom stereocenters. The minimum Gasteiger partial charge on any atom is -0.383 e. The van der Waals surface area contributed by atoms with Crippen molar-refractivity contribution in [3.63, 3.8) is 0 Å². The Balaban J connectivity index is 1.38. The number of nitrogens with zero attached hydrogens (tertiary/aromatic N) is 4. The first-order chi connectivity index (χ1) is 17.4. The van der Waals surface area contributed by atoms with Gasteiger partial charge in [-0.2, -0.15) is 0 Å². The summed E-state index contributed by atoms with van der Waals surface area (Å²) in [6.45, 7) is 3.64. The molecule has 0 unspecified atom stereocenters. The maximum absolute atomic E-state index is 13.7. The van der Waals surface area contributed by atoms with Gasteiger partial charge in [0, 0.05) is 59.6 Å². The number of likely N-dealkylation sites (tertiary alicyclic amines) is 1. The Hall–Kier alpha value is -3.16. The van der Waals surface area contributed by atoms with Crippen molar-refractivity contribution < 1.29 is 14.3 Å². The summed E-state index contributed by atoms with van der Waals surface area (Å²) in [6.07, 6.45) is 6.28. The molecule has 1 spiro atoms. The van der Waals surface area contributed by atoms with E-state index < -0.39 is 5.54 Å². The number of hydrogen-bond donors (Lipinski definition) is 0. The molecule has 0 N–H and O–H groups in total. The second-order valence-corrected chi connectivity index (χ2v) is 9.84. The lowest BCUT2D eigenvalue weighted by Crippen LogP contribution is -2.57. The van der Waals surface area contributed by atoms with Crippen LogP contribution in [0, 0.1) is 0 Å². The first kappa shape index (κ1) is 25.9. The van der Waals surface area contributed by atoms with Gasteiger partial charge in [-0.15, -0.1) is 0 Å². The highest BCUT2D eigenvalue weighted by Crippen LogP contribution is 2.37. The summed E-state index contributed by atoms with van der Waals surface area (Å²) in [7, 11) is 5.70. The molecule has 0 saturated carbocycles. The number of amides is 3. The van der Waals surface area contributed by atoms with E-state index in [1.54, 1.807) is 12.0 Å². The van der Waals surface area contributed by atoms with E-state index in [4.69, 9.17) is 4.74 Å². The van der Waals surface area contributed by atoms with Crippen LogP contribution in [0.2, 0.25) is 0 Å². The lowest BCUT2D eigenvalue weighted by molar-refractivity contribution is -0.135. The molecule has 2 heterocycles. The van der Waals surface area contributed by atoms with Crippen molar-refractivity contribution in [1.29, 1.82) is 0 Å². The maximum Gasteiger partial charge on any atom is 0.327 e. The number of imide groups is 1. The number of ether oxygens (including phenoxy) is 1. The number of methoxy groups -OCH3 is 1. The van der Waals surface area contributed by atoms with E-state index >= 15 is 0 Å². The monoisotopic (exact) mass is 490 g/mol. The fourth-order valence-corrected chi connectivity index (χ4v) is 5.17. The molecule has 7 heteroatoms. The number of rotatable bonds is 10. The molecule has 0 radical (unpaired) electrons. The van der Waals surface area contributed by atoms with E-state index in [9.17, 15) is 9.59 Å². The van der Waals surface area contributed by atoms with Crippen LogP contribution in [0.3, 0.4) is 0 Å². The van der Waals surface area contributed by atoms with Crippen LogP contribution in [0.1, 0.15) is 24.0 Å². The quantitative estimate of drug-likeness (QED) is 0.475. The number of anilines is 1. The minimum absolute atomic E-state index is 0.0456. The third kappa shape index (κ3) is 5.63. The minimum atomic E-state index is -0.755. The van der Waals surface area contributed by atoms with E-state index in [0.29, 0.717) is 39.0 Å². The highest BCUT2D eigenvalue weighted by atomic mass is 16.5. The Labute approximate surface area is 214 Å². The van der Waals surface area contributed by atoms with Crippen LogP contribution in [-0.4, -0.2) is 92.7 Å². The van der Waals surface area contributed by atoms with Crippen LogP contribution >= 0.6 is 0 Å².